The molecule has 0 aromatic carbocycles. The van der Waals surface area contributed by atoms with E-state index in [0.717, 1.165) is 12.3 Å². The third-order valence-corrected chi connectivity index (χ3v) is 4.76. The van der Waals surface area contributed by atoms with Gasteiger partial charge in [-0.3, -0.25) is 4.79 Å². The van der Waals surface area contributed by atoms with E-state index < -0.39 is 17.8 Å². The van der Waals surface area contributed by atoms with Gasteiger partial charge < -0.3 is 14.7 Å². The summed E-state index contributed by atoms with van der Waals surface area (Å²) < 4.78 is 43.7. The standard InChI is InChI=1S/C18H20ClF3N4O2/c1-17(2,3)13-8-14(25-28-13)24-16(27)12-5-4-6-26(12)15-11(19)7-10(9-23-15)18(20,21)22/h7-9,12H,4-6H2,1-3H3,(H,24,25,27)/t12-/m0/s1. The van der Waals surface area contributed by atoms with Crippen molar-refractivity contribution in [3.8, 4) is 0 Å². The molecule has 0 spiro atoms. The first-order valence-corrected chi connectivity index (χ1v) is 9.12. The van der Waals surface area contributed by atoms with Crippen molar-refractivity contribution < 1.29 is 22.5 Å². The Bertz CT molecular complexity index is 876. The number of carbonyl (C=O) groups is 1. The fraction of sp³-hybridized carbons (Fsp3) is 0.500. The van der Waals surface area contributed by atoms with Gasteiger partial charge in [-0.15, -0.1) is 0 Å². The second kappa shape index (κ2) is 7.27. The molecule has 0 unspecified atom stereocenters. The first-order valence-electron chi connectivity index (χ1n) is 8.74. The molecule has 1 fully saturated rings. The Labute approximate surface area is 165 Å². The molecule has 1 N–H and O–H groups in total. The molecule has 1 aliphatic heterocycles. The molecule has 3 heterocycles. The third-order valence-electron chi connectivity index (χ3n) is 4.48. The Morgan fingerprint density at radius 3 is 2.61 bits per heavy atom. The van der Waals surface area contributed by atoms with Gasteiger partial charge in [0.2, 0.25) is 5.91 Å². The lowest BCUT2D eigenvalue weighted by molar-refractivity contribution is -0.137. The van der Waals surface area contributed by atoms with E-state index >= 15 is 0 Å². The SMILES string of the molecule is CC(C)(C)c1cc(NC(=O)[C@@H]2CCCN2c2ncc(C(F)(F)F)cc2Cl)no1. The van der Waals surface area contributed by atoms with Crippen LogP contribution in [0.15, 0.2) is 22.9 Å². The smallest absolute Gasteiger partial charge is 0.359 e. The molecule has 2 aromatic rings. The van der Waals surface area contributed by atoms with Crippen LogP contribution in [0.25, 0.3) is 0 Å². The highest BCUT2D eigenvalue weighted by atomic mass is 35.5. The van der Waals surface area contributed by atoms with Crippen molar-refractivity contribution in [1.82, 2.24) is 10.1 Å². The summed E-state index contributed by atoms with van der Waals surface area (Å²) in [6, 6.07) is 1.86. The van der Waals surface area contributed by atoms with E-state index in [1.807, 2.05) is 20.8 Å². The summed E-state index contributed by atoms with van der Waals surface area (Å²) in [7, 11) is 0. The Morgan fingerprint density at radius 2 is 2.04 bits per heavy atom. The highest BCUT2D eigenvalue weighted by Gasteiger charge is 2.36. The van der Waals surface area contributed by atoms with Crippen molar-refractivity contribution in [3.05, 3.63) is 34.7 Å². The number of nitrogens with zero attached hydrogens (tertiary/aromatic N) is 3. The average Bonchev–Trinajstić information content (AvgIpc) is 3.22. The molecule has 152 valence electrons. The minimum absolute atomic E-state index is 0.147. The van der Waals surface area contributed by atoms with Crippen LogP contribution >= 0.6 is 11.6 Å². The van der Waals surface area contributed by atoms with Crippen LogP contribution in [0.2, 0.25) is 5.02 Å². The van der Waals surface area contributed by atoms with Crippen molar-refractivity contribution in [2.75, 3.05) is 16.8 Å². The zero-order chi connectivity index (χ0) is 20.7. The maximum Gasteiger partial charge on any atom is 0.417 e. The van der Waals surface area contributed by atoms with Gasteiger partial charge in [0.25, 0.3) is 0 Å². The van der Waals surface area contributed by atoms with Crippen LogP contribution in [0.5, 0.6) is 0 Å². The summed E-state index contributed by atoms with van der Waals surface area (Å²) in [5, 5.41) is 6.40. The predicted molar refractivity (Wildman–Crippen MR) is 98.4 cm³/mol. The zero-order valence-corrected chi connectivity index (χ0v) is 16.4. The van der Waals surface area contributed by atoms with Gasteiger partial charge >= 0.3 is 6.18 Å². The number of anilines is 2. The number of carbonyl (C=O) groups excluding carboxylic acids is 1. The highest BCUT2D eigenvalue weighted by molar-refractivity contribution is 6.33. The fourth-order valence-corrected chi connectivity index (χ4v) is 3.26. The second-order valence-electron chi connectivity index (χ2n) is 7.69. The molecule has 3 rings (SSSR count). The molecule has 10 heteroatoms. The summed E-state index contributed by atoms with van der Waals surface area (Å²) in [5.74, 6) is 0.721. The van der Waals surface area contributed by atoms with Crippen molar-refractivity contribution in [2.45, 2.75) is 51.2 Å². The van der Waals surface area contributed by atoms with Crippen LogP contribution in [0.3, 0.4) is 0 Å². The van der Waals surface area contributed by atoms with E-state index in [2.05, 4.69) is 15.5 Å². The number of halogens is 4. The lowest BCUT2D eigenvalue weighted by atomic mass is 9.93. The Hall–Kier alpha value is -2.29. The van der Waals surface area contributed by atoms with Crippen molar-refractivity contribution >= 4 is 29.1 Å². The van der Waals surface area contributed by atoms with Gasteiger partial charge in [-0.05, 0) is 18.9 Å². The normalized spacial score (nSPS) is 17.8. The molecule has 1 saturated heterocycles. The number of rotatable bonds is 3. The van der Waals surface area contributed by atoms with Crippen LogP contribution in [-0.2, 0) is 16.4 Å². The predicted octanol–water partition coefficient (Wildman–Crippen LogP) is 4.65. The Morgan fingerprint density at radius 1 is 1.32 bits per heavy atom. The van der Waals surface area contributed by atoms with Gasteiger partial charge in [0, 0.05) is 24.2 Å². The molecule has 0 radical (unpaired) electrons. The largest absolute Gasteiger partial charge is 0.417 e. The van der Waals surface area contributed by atoms with E-state index in [1.54, 1.807) is 11.0 Å². The number of alkyl halides is 3. The van der Waals surface area contributed by atoms with Crippen LogP contribution in [0.1, 0.15) is 44.9 Å². The number of hydrogen-bond acceptors (Lipinski definition) is 5. The monoisotopic (exact) mass is 416 g/mol. The number of aromatic nitrogens is 2. The van der Waals surface area contributed by atoms with E-state index in [1.165, 1.54) is 0 Å². The van der Waals surface area contributed by atoms with Gasteiger partial charge in [0.15, 0.2) is 5.82 Å². The molecule has 1 atom stereocenters. The topological polar surface area (TPSA) is 71.3 Å². The van der Waals surface area contributed by atoms with Crippen LogP contribution in [-0.4, -0.2) is 28.6 Å². The number of hydrogen-bond donors (Lipinski definition) is 1. The van der Waals surface area contributed by atoms with Gasteiger partial charge in [0.05, 0.1) is 10.6 Å². The Kier molecular flexibility index (Phi) is 5.31. The first-order chi connectivity index (χ1) is 13.0. The van der Waals surface area contributed by atoms with Crippen LogP contribution < -0.4 is 10.2 Å². The summed E-state index contributed by atoms with van der Waals surface area (Å²) in [5.41, 5.74) is -1.19. The van der Waals surface area contributed by atoms with Crippen LogP contribution in [0, 0.1) is 0 Å². The summed E-state index contributed by atoms with van der Waals surface area (Å²) in [4.78, 5) is 18.2. The van der Waals surface area contributed by atoms with Crippen molar-refractivity contribution in [2.24, 2.45) is 0 Å². The number of amides is 1. The van der Waals surface area contributed by atoms with Gasteiger partial charge in [-0.1, -0.05) is 37.5 Å². The Balaban J connectivity index is 1.77. The van der Waals surface area contributed by atoms with Crippen molar-refractivity contribution in [3.63, 3.8) is 0 Å². The maximum atomic E-state index is 12.8. The summed E-state index contributed by atoms with van der Waals surface area (Å²) >= 11 is 6.04. The molecule has 28 heavy (non-hydrogen) atoms. The molecule has 0 saturated carbocycles. The lowest BCUT2D eigenvalue weighted by Gasteiger charge is -2.25. The molecular formula is C18H20ClF3N4O2. The lowest BCUT2D eigenvalue weighted by Crippen LogP contribution is -2.40. The minimum Gasteiger partial charge on any atom is -0.359 e. The quantitative estimate of drug-likeness (QED) is 0.788. The fourth-order valence-electron chi connectivity index (χ4n) is 2.99. The molecule has 1 aliphatic rings. The second-order valence-corrected chi connectivity index (χ2v) is 8.10. The van der Waals surface area contributed by atoms with Crippen LogP contribution in [0.4, 0.5) is 24.8 Å². The first kappa shape index (κ1) is 20.4. The molecule has 6 nitrogen and oxygen atoms in total. The minimum atomic E-state index is -4.53. The van der Waals surface area contributed by atoms with Gasteiger partial charge in [0.1, 0.15) is 17.6 Å². The van der Waals surface area contributed by atoms with E-state index in [-0.39, 0.29) is 28.0 Å². The van der Waals surface area contributed by atoms with Gasteiger partial charge in [-0.2, -0.15) is 13.2 Å². The molecule has 1 amide bonds. The van der Waals surface area contributed by atoms with Gasteiger partial charge in [-0.25, -0.2) is 4.98 Å². The molecule has 0 aliphatic carbocycles. The summed E-state index contributed by atoms with van der Waals surface area (Å²) in [6.45, 7) is 6.32. The zero-order valence-electron chi connectivity index (χ0n) is 15.6. The number of nitrogens with one attached hydrogen (secondary N) is 1. The average molecular weight is 417 g/mol. The highest BCUT2D eigenvalue weighted by Crippen LogP contribution is 2.36. The molecular weight excluding hydrogens is 397 g/mol. The van der Waals surface area contributed by atoms with Crippen molar-refractivity contribution in [1.29, 1.82) is 0 Å². The molecule has 2 aromatic heterocycles. The number of pyridine rings is 1. The molecule has 0 bridgehead atoms. The van der Waals surface area contributed by atoms with E-state index in [9.17, 15) is 18.0 Å². The maximum absolute atomic E-state index is 12.8. The third kappa shape index (κ3) is 4.24. The van der Waals surface area contributed by atoms with E-state index in [4.69, 9.17) is 16.1 Å². The van der Waals surface area contributed by atoms with E-state index in [0.29, 0.717) is 25.1 Å². The summed E-state index contributed by atoms with van der Waals surface area (Å²) in [6.07, 6.45) is -2.60.